The first-order chi connectivity index (χ1) is 16.9. The van der Waals surface area contributed by atoms with Crippen LogP contribution in [0.15, 0.2) is 28.9 Å². The first kappa shape index (κ1) is 21.7. The summed E-state index contributed by atoms with van der Waals surface area (Å²) < 4.78 is 21.6. The Bertz CT molecular complexity index is 1660. The van der Waals surface area contributed by atoms with E-state index in [1.165, 1.54) is 17.7 Å². The van der Waals surface area contributed by atoms with Gasteiger partial charge >= 0.3 is 0 Å². The molecule has 35 heavy (non-hydrogen) atoms. The lowest BCUT2D eigenvalue weighted by molar-refractivity contribution is -0.121. The van der Waals surface area contributed by atoms with E-state index in [9.17, 15) is 4.79 Å². The van der Waals surface area contributed by atoms with Crippen molar-refractivity contribution in [1.82, 2.24) is 30.5 Å². The SMILES string of the molecule is Cc1cc2c(-c3ccc4nc(Cc5nnc(CC(=O)NC6(C#N)CC6)o5)sc4c3F)ncnc2s1. The van der Waals surface area contributed by atoms with Gasteiger partial charge in [0, 0.05) is 15.8 Å². The van der Waals surface area contributed by atoms with Gasteiger partial charge in [0.1, 0.15) is 28.1 Å². The van der Waals surface area contributed by atoms with Gasteiger partial charge in [-0.1, -0.05) is 0 Å². The fraction of sp³-hybridized carbons (Fsp3) is 0.261. The highest BCUT2D eigenvalue weighted by Gasteiger charge is 2.44. The van der Waals surface area contributed by atoms with E-state index in [0.29, 0.717) is 39.3 Å². The molecule has 0 spiro atoms. The molecule has 1 amide bonds. The van der Waals surface area contributed by atoms with Crippen LogP contribution in [0.4, 0.5) is 4.39 Å². The van der Waals surface area contributed by atoms with Gasteiger partial charge in [0.25, 0.3) is 0 Å². The van der Waals surface area contributed by atoms with Gasteiger partial charge in [-0.2, -0.15) is 5.26 Å². The first-order valence-electron chi connectivity index (χ1n) is 10.8. The van der Waals surface area contributed by atoms with E-state index in [0.717, 1.165) is 15.1 Å². The Kier molecular flexibility index (Phi) is 5.05. The van der Waals surface area contributed by atoms with Crippen molar-refractivity contribution in [2.75, 3.05) is 0 Å². The van der Waals surface area contributed by atoms with Crippen LogP contribution in [0.2, 0.25) is 0 Å². The molecule has 0 aliphatic heterocycles. The zero-order valence-electron chi connectivity index (χ0n) is 18.3. The van der Waals surface area contributed by atoms with Crippen molar-refractivity contribution in [1.29, 1.82) is 5.26 Å². The number of amides is 1. The fourth-order valence-corrected chi connectivity index (χ4v) is 5.69. The van der Waals surface area contributed by atoms with Gasteiger partial charge in [-0.05, 0) is 38.0 Å². The second-order valence-corrected chi connectivity index (χ2v) is 10.7. The molecule has 4 heterocycles. The summed E-state index contributed by atoms with van der Waals surface area (Å²) in [5, 5.41) is 21.1. The van der Waals surface area contributed by atoms with E-state index in [4.69, 9.17) is 9.68 Å². The lowest BCUT2D eigenvalue weighted by atomic mass is 10.1. The summed E-state index contributed by atoms with van der Waals surface area (Å²) >= 11 is 2.75. The molecule has 12 heteroatoms. The highest BCUT2D eigenvalue weighted by atomic mass is 32.1. The zero-order valence-corrected chi connectivity index (χ0v) is 20.0. The number of benzene rings is 1. The molecule has 1 aromatic carbocycles. The summed E-state index contributed by atoms with van der Waals surface area (Å²) in [6.07, 6.45) is 2.86. The van der Waals surface area contributed by atoms with Crippen molar-refractivity contribution in [3.8, 4) is 17.3 Å². The third-order valence-electron chi connectivity index (χ3n) is 5.71. The van der Waals surface area contributed by atoms with E-state index in [2.05, 4.69) is 36.5 Å². The Morgan fingerprint density at radius 3 is 2.89 bits per heavy atom. The lowest BCUT2D eigenvalue weighted by Gasteiger charge is -2.06. The molecule has 0 saturated heterocycles. The Hall–Kier alpha value is -3.82. The third-order valence-corrected chi connectivity index (χ3v) is 7.74. The van der Waals surface area contributed by atoms with Crippen LogP contribution in [0.1, 0.15) is 34.5 Å². The minimum atomic E-state index is -0.746. The number of nitriles is 1. The largest absolute Gasteiger partial charge is 0.424 e. The molecule has 174 valence electrons. The number of nitrogens with zero attached hydrogens (tertiary/aromatic N) is 6. The van der Waals surface area contributed by atoms with Crippen LogP contribution in [-0.2, 0) is 17.6 Å². The zero-order chi connectivity index (χ0) is 24.2. The molecule has 1 fully saturated rings. The van der Waals surface area contributed by atoms with Crippen molar-refractivity contribution >= 4 is 49.0 Å². The van der Waals surface area contributed by atoms with Crippen molar-refractivity contribution in [3.05, 3.63) is 52.0 Å². The second-order valence-electron chi connectivity index (χ2n) is 8.37. The highest BCUT2D eigenvalue weighted by molar-refractivity contribution is 7.19. The van der Waals surface area contributed by atoms with E-state index in [-0.39, 0.29) is 36.3 Å². The smallest absolute Gasteiger partial charge is 0.230 e. The normalized spacial score (nSPS) is 14.3. The minimum Gasteiger partial charge on any atom is -0.424 e. The predicted octanol–water partition coefficient (Wildman–Crippen LogP) is 4.10. The van der Waals surface area contributed by atoms with Crippen molar-refractivity contribution in [2.45, 2.75) is 38.1 Å². The number of aryl methyl sites for hydroxylation is 1. The van der Waals surface area contributed by atoms with Crippen LogP contribution in [0.3, 0.4) is 0 Å². The molecular formula is C23H16FN7O2S2. The third kappa shape index (κ3) is 4.02. The number of hydrogen-bond acceptors (Lipinski definition) is 10. The minimum absolute atomic E-state index is 0.107. The quantitative estimate of drug-likeness (QED) is 0.365. The van der Waals surface area contributed by atoms with Crippen LogP contribution in [0.5, 0.6) is 0 Å². The Labute approximate surface area is 205 Å². The predicted molar refractivity (Wildman–Crippen MR) is 127 cm³/mol. The average molecular weight is 506 g/mol. The molecule has 6 rings (SSSR count). The number of rotatable bonds is 6. The maximum Gasteiger partial charge on any atom is 0.230 e. The molecule has 1 N–H and O–H groups in total. The van der Waals surface area contributed by atoms with E-state index in [1.54, 1.807) is 23.5 Å². The molecular weight excluding hydrogens is 489 g/mol. The molecule has 9 nitrogen and oxygen atoms in total. The number of thiophene rings is 1. The average Bonchev–Trinajstić information content (AvgIpc) is 3.12. The second kappa shape index (κ2) is 8.14. The number of aromatic nitrogens is 5. The number of thiazole rings is 1. The van der Waals surface area contributed by atoms with Gasteiger partial charge in [-0.3, -0.25) is 4.79 Å². The van der Waals surface area contributed by atoms with Crippen molar-refractivity contribution < 1.29 is 13.6 Å². The summed E-state index contributed by atoms with van der Waals surface area (Å²) in [6, 6.07) is 7.53. The molecule has 0 unspecified atom stereocenters. The maximum atomic E-state index is 15.6. The summed E-state index contributed by atoms with van der Waals surface area (Å²) in [5.74, 6) is -0.294. The number of fused-ring (bicyclic) bond motifs is 2. The van der Waals surface area contributed by atoms with Gasteiger partial charge in [0.05, 0.1) is 28.4 Å². The molecule has 4 aromatic heterocycles. The van der Waals surface area contributed by atoms with Crippen LogP contribution in [0.25, 0.3) is 31.7 Å². The van der Waals surface area contributed by atoms with Crippen LogP contribution >= 0.6 is 22.7 Å². The summed E-state index contributed by atoms with van der Waals surface area (Å²) in [6.45, 7) is 1.98. The van der Waals surface area contributed by atoms with Crippen molar-refractivity contribution in [2.24, 2.45) is 0 Å². The first-order valence-corrected chi connectivity index (χ1v) is 12.4. The van der Waals surface area contributed by atoms with E-state index in [1.807, 2.05) is 13.0 Å². The summed E-state index contributed by atoms with van der Waals surface area (Å²) in [4.78, 5) is 27.2. The molecule has 1 aliphatic carbocycles. The van der Waals surface area contributed by atoms with Gasteiger partial charge in [-0.15, -0.1) is 32.9 Å². The van der Waals surface area contributed by atoms with Gasteiger partial charge in [-0.25, -0.2) is 19.3 Å². The van der Waals surface area contributed by atoms with Crippen molar-refractivity contribution in [3.63, 3.8) is 0 Å². The highest BCUT2D eigenvalue weighted by Crippen LogP contribution is 2.37. The molecule has 0 bridgehead atoms. The number of carbonyl (C=O) groups excluding carboxylic acids is 1. The lowest BCUT2D eigenvalue weighted by Crippen LogP contribution is -2.36. The topological polar surface area (TPSA) is 130 Å². The standard InChI is InChI=1S/C23H16FN7O2S2/c1-11-6-13-20(26-10-27-22(13)34-11)12-2-3-14-21(19(12)24)35-18(28-14)8-17-31-30-16(33-17)7-15(32)29-23(9-25)4-5-23/h2-3,6,10H,4-5,7-8H2,1H3,(H,29,32). The monoisotopic (exact) mass is 505 g/mol. The Morgan fingerprint density at radius 2 is 2.09 bits per heavy atom. The molecule has 1 aliphatic rings. The van der Waals surface area contributed by atoms with Gasteiger partial charge < -0.3 is 9.73 Å². The summed E-state index contributed by atoms with van der Waals surface area (Å²) in [5.41, 5.74) is 0.736. The van der Waals surface area contributed by atoms with E-state index >= 15 is 4.39 Å². The van der Waals surface area contributed by atoms with Crippen LogP contribution in [-0.4, -0.2) is 36.6 Å². The molecule has 1 saturated carbocycles. The molecule has 0 radical (unpaired) electrons. The Morgan fingerprint density at radius 1 is 1.26 bits per heavy atom. The number of halogens is 1. The maximum absolute atomic E-state index is 15.6. The number of nitrogens with one attached hydrogen (secondary N) is 1. The molecule has 0 atom stereocenters. The van der Waals surface area contributed by atoms with Gasteiger partial charge in [0.2, 0.25) is 17.7 Å². The molecule has 5 aromatic rings. The van der Waals surface area contributed by atoms with Gasteiger partial charge in [0.15, 0.2) is 5.82 Å². The van der Waals surface area contributed by atoms with Crippen LogP contribution in [0, 0.1) is 24.1 Å². The number of hydrogen-bond donors (Lipinski definition) is 1. The van der Waals surface area contributed by atoms with E-state index < -0.39 is 5.54 Å². The van der Waals surface area contributed by atoms with Crippen LogP contribution < -0.4 is 5.32 Å². The fourth-order valence-electron chi connectivity index (χ4n) is 3.85. The Balaban J connectivity index is 1.23. The summed E-state index contributed by atoms with van der Waals surface area (Å²) in [7, 11) is 0. The number of carbonyl (C=O) groups is 1.